The van der Waals surface area contributed by atoms with E-state index < -0.39 is 0 Å². The molecule has 0 aliphatic carbocycles. The normalized spacial score (nSPS) is 22.4. The molecule has 0 aromatic rings. The molecule has 68 valence electrons. The molecule has 1 heterocycles. The number of carbonyl (C=O) groups is 2. The third-order valence-electron chi connectivity index (χ3n) is 2.00. The Morgan fingerprint density at radius 3 is 2.58 bits per heavy atom. The molecule has 1 atom stereocenters. The summed E-state index contributed by atoms with van der Waals surface area (Å²) in [4.78, 5) is 23.1. The van der Waals surface area contributed by atoms with Crippen LogP contribution in [0, 0.1) is 5.92 Å². The van der Waals surface area contributed by atoms with Crippen LogP contribution in [0.3, 0.4) is 0 Å². The van der Waals surface area contributed by atoms with Crippen molar-refractivity contribution in [3.63, 3.8) is 0 Å². The van der Waals surface area contributed by atoms with Gasteiger partial charge in [0.2, 0.25) is 5.91 Å². The highest BCUT2D eigenvalue weighted by atomic mass is 16.2. The molecule has 0 spiro atoms. The fourth-order valence-corrected chi connectivity index (χ4v) is 1.27. The highest BCUT2D eigenvalue weighted by molar-refractivity contribution is 5.80. The predicted octanol–water partition coefficient (Wildman–Crippen LogP) is -1.62. The molecule has 1 aliphatic rings. The molecule has 0 radical (unpaired) electrons. The van der Waals surface area contributed by atoms with E-state index in [1.165, 1.54) is 4.90 Å². The second-order valence-electron chi connectivity index (χ2n) is 2.78. The van der Waals surface area contributed by atoms with Gasteiger partial charge in [0, 0.05) is 13.1 Å². The number of nitrogens with zero attached hydrogens (tertiary/aromatic N) is 1. The van der Waals surface area contributed by atoms with E-state index >= 15 is 0 Å². The minimum Gasteiger partial charge on any atom is -0.369 e. The third kappa shape index (κ3) is 1.65. The predicted molar refractivity (Wildman–Crippen MR) is 41.6 cm³/mol. The number of primary amides is 1. The molecule has 1 saturated heterocycles. The summed E-state index contributed by atoms with van der Waals surface area (Å²) in [5.74, 6) is 4.34. The highest BCUT2D eigenvalue weighted by Crippen LogP contribution is 2.14. The van der Waals surface area contributed by atoms with Crippen LogP contribution in [-0.2, 0) is 4.79 Å². The molecule has 5 N–H and O–H groups in total. The molecule has 0 aromatic carbocycles. The van der Waals surface area contributed by atoms with Crippen LogP contribution >= 0.6 is 0 Å². The van der Waals surface area contributed by atoms with Gasteiger partial charge in [-0.2, -0.15) is 0 Å². The number of nitrogens with one attached hydrogen (secondary N) is 1. The lowest BCUT2D eigenvalue weighted by Gasteiger charge is -2.13. The van der Waals surface area contributed by atoms with Crippen molar-refractivity contribution in [1.82, 2.24) is 10.3 Å². The molecule has 1 fully saturated rings. The summed E-state index contributed by atoms with van der Waals surface area (Å²) in [6, 6.07) is -0.362. The second kappa shape index (κ2) is 3.40. The summed E-state index contributed by atoms with van der Waals surface area (Å²) >= 11 is 0. The summed E-state index contributed by atoms with van der Waals surface area (Å²) in [5.41, 5.74) is 7.07. The molecule has 6 heteroatoms. The van der Waals surface area contributed by atoms with Crippen molar-refractivity contribution >= 4 is 11.9 Å². The number of nitrogens with two attached hydrogens (primary N) is 2. The Hall–Kier alpha value is -1.30. The van der Waals surface area contributed by atoms with Crippen LogP contribution in [0.4, 0.5) is 4.79 Å². The Balaban J connectivity index is 2.45. The average molecular weight is 172 g/mol. The Labute approximate surface area is 69.8 Å². The van der Waals surface area contributed by atoms with Gasteiger partial charge in [-0.1, -0.05) is 0 Å². The van der Waals surface area contributed by atoms with Gasteiger partial charge in [0.25, 0.3) is 0 Å². The van der Waals surface area contributed by atoms with Crippen LogP contribution < -0.4 is 17.0 Å². The van der Waals surface area contributed by atoms with Crippen molar-refractivity contribution in [1.29, 1.82) is 0 Å². The molecule has 0 bridgehead atoms. The summed E-state index contributed by atoms with van der Waals surface area (Å²) in [5, 5.41) is 0. The van der Waals surface area contributed by atoms with Gasteiger partial charge in [0.1, 0.15) is 0 Å². The van der Waals surface area contributed by atoms with Gasteiger partial charge >= 0.3 is 6.03 Å². The minimum atomic E-state index is -0.362. The Morgan fingerprint density at radius 1 is 1.50 bits per heavy atom. The molecule has 3 amide bonds. The largest absolute Gasteiger partial charge is 0.369 e. The van der Waals surface area contributed by atoms with E-state index in [2.05, 4.69) is 0 Å². The van der Waals surface area contributed by atoms with Gasteiger partial charge in [-0.3, -0.25) is 10.2 Å². The topological polar surface area (TPSA) is 101 Å². The van der Waals surface area contributed by atoms with Crippen LogP contribution in [0.25, 0.3) is 0 Å². The van der Waals surface area contributed by atoms with Crippen molar-refractivity contribution < 1.29 is 9.59 Å². The third-order valence-corrected chi connectivity index (χ3v) is 2.00. The fourth-order valence-electron chi connectivity index (χ4n) is 1.27. The van der Waals surface area contributed by atoms with E-state index in [1.807, 2.05) is 5.43 Å². The minimum absolute atomic E-state index is 0.220. The molecule has 1 aliphatic heterocycles. The van der Waals surface area contributed by atoms with Crippen LogP contribution in [0.1, 0.15) is 6.42 Å². The standard InChI is InChI=1S/C6H12N4O2/c7-5(11)4-1-2-10(3-4)6(12)9-8/h4H,1-3,8H2,(H2,7,11)(H,9,12). The summed E-state index contributed by atoms with van der Waals surface area (Å²) in [6.45, 7) is 0.912. The van der Waals surface area contributed by atoms with Crippen LogP contribution in [-0.4, -0.2) is 29.9 Å². The Morgan fingerprint density at radius 2 is 2.17 bits per heavy atom. The van der Waals surface area contributed by atoms with E-state index in [1.54, 1.807) is 0 Å². The summed E-state index contributed by atoms with van der Waals surface area (Å²) in [6.07, 6.45) is 0.628. The maximum absolute atomic E-state index is 10.9. The zero-order valence-corrected chi connectivity index (χ0v) is 6.62. The zero-order valence-electron chi connectivity index (χ0n) is 6.62. The molecule has 6 nitrogen and oxygen atoms in total. The van der Waals surface area contributed by atoms with Crippen molar-refractivity contribution in [2.75, 3.05) is 13.1 Å². The van der Waals surface area contributed by atoms with Gasteiger partial charge in [0.05, 0.1) is 5.92 Å². The number of carbonyl (C=O) groups excluding carboxylic acids is 2. The molecule has 1 unspecified atom stereocenters. The molecule has 0 saturated carbocycles. The Bertz CT molecular complexity index is 206. The SMILES string of the molecule is NNC(=O)N1CCC(C(N)=O)C1. The first-order valence-electron chi connectivity index (χ1n) is 3.70. The number of hydrogen-bond donors (Lipinski definition) is 3. The van der Waals surface area contributed by atoms with Crippen molar-refractivity contribution in [3.05, 3.63) is 0 Å². The van der Waals surface area contributed by atoms with Gasteiger partial charge in [-0.05, 0) is 6.42 Å². The average Bonchev–Trinajstić information content (AvgIpc) is 2.51. The smallest absolute Gasteiger partial charge is 0.331 e. The number of urea groups is 1. The number of hydrazine groups is 1. The lowest BCUT2D eigenvalue weighted by molar-refractivity contribution is -0.121. The molecule has 0 aromatic heterocycles. The lowest BCUT2D eigenvalue weighted by atomic mass is 10.1. The van der Waals surface area contributed by atoms with Gasteiger partial charge in [-0.15, -0.1) is 0 Å². The first-order valence-corrected chi connectivity index (χ1v) is 3.70. The second-order valence-corrected chi connectivity index (χ2v) is 2.78. The van der Waals surface area contributed by atoms with E-state index in [0.29, 0.717) is 19.5 Å². The van der Waals surface area contributed by atoms with Crippen LogP contribution in [0.2, 0.25) is 0 Å². The monoisotopic (exact) mass is 172 g/mol. The van der Waals surface area contributed by atoms with Crippen LogP contribution in [0.5, 0.6) is 0 Å². The fraction of sp³-hybridized carbons (Fsp3) is 0.667. The first kappa shape index (κ1) is 8.79. The molecular formula is C6H12N4O2. The number of amides is 3. The number of hydrogen-bond acceptors (Lipinski definition) is 3. The lowest BCUT2D eigenvalue weighted by Crippen LogP contribution is -2.42. The van der Waals surface area contributed by atoms with E-state index in [4.69, 9.17) is 11.6 Å². The maximum Gasteiger partial charge on any atom is 0.331 e. The van der Waals surface area contributed by atoms with Crippen molar-refractivity contribution in [2.45, 2.75) is 6.42 Å². The van der Waals surface area contributed by atoms with E-state index in [0.717, 1.165) is 0 Å². The molecule has 1 rings (SSSR count). The summed E-state index contributed by atoms with van der Waals surface area (Å²) in [7, 11) is 0. The van der Waals surface area contributed by atoms with Crippen LogP contribution in [0.15, 0.2) is 0 Å². The number of likely N-dealkylation sites (tertiary alicyclic amines) is 1. The van der Waals surface area contributed by atoms with Crippen molar-refractivity contribution in [3.8, 4) is 0 Å². The Kier molecular flexibility index (Phi) is 2.49. The first-order chi connectivity index (χ1) is 5.65. The van der Waals surface area contributed by atoms with Crippen molar-refractivity contribution in [2.24, 2.45) is 17.5 Å². The van der Waals surface area contributed by atoms with E-state index in [-0.39, 0.29) is 17.9 Å². The highest BCUT2D eigenvalue weighted by Gasteiger charge is 2.28. The molecular weight excluding hydrogens is 160 g/mol. The van der Waals surface area contributed by atoms with Gasteiger partial charge in [0.15, 0.2) is 0 Å². The maximum atomic E-state index is 10.9. The quantitative estimate of drug-likeness (QED) is 0.251. The van der Waals surface area contributed by atoms with E-state index in [9.17, 15) is 9.59 Å². The summed E-state index contributed by atoms with van der Waals surface area (Å²) < 4.78 is 0. The van der Waals surface area contributed by atoms with Gasteiger partial charge in [-0.25, -0.2) is 10.6 Å². The number of rotatable bonds is 1. The van der Waals surface area contributed by atoms with Gasteiger partial charge < -0.3 is 10.6 Å². The molecule has 12 heavy (non-hydrogen) atoms. The zero-order chi connectivity index (χ0) is 9.14.